The van der Waals surface area contributed by atoms with Crippen LogP contribution < -0.4 is 14.8 Å². The van der Waals surface area contributed by atoms with Crippen molar-refractivity contribution in [3.05, 3.63) is 58.7 Å². The van der Waals surface area contributed by atoms with Gasteiger partial charge in [-0.15, -0.1) is 0 Å². The number of ether oxygens (including phenoxy) is 2. The Kier molecular flexibility index (Phi) is 5.07. The van der Waals surface area contributed by atoms with Gasteiger partial charge in [-0.2, -0.15) is 0 Å². The molecule has 5 heteroatoms. The van der Waals surface area contributed by atoms with Gasteiger partial charge in [-0.1, -0.05) is 29.8 Å². The first-order valence-corrected chi connectivity index (χ1v) is 9.81. The van der Waals surface area contributed by atoms with Crippen LogP contribution >= 0.6 is 0 Å². The standard InChI is InChI=1S/C23H25NO4/c1-14-5-7-15(8-6-14)4-3-13-28-19-12-11-18(27-2)16-9-10-17-21(20(16)19)23(26)24-22(17)25/h5-8,11-12,17,21H,3-4,9-10,13H2,1-2H3,(H,24,25,26). The van der Waals surface area contributed by atoms with Gasteiger partial charge in [-0.25, -0.2) is 0 Å². The van der Waals surface area contributed by atoms with Crippen molar-refractivity contribution in [2.45, 2.75) is 38.5 Å². The van der Waals surface area contributed by atoms with Gasteiger partial charge in [-0.05, 0) is 50.3 Å². The minimum atomic E-state index is -0.474. The smallest absolute Gasteiger partial charge is 0.235 e. The lowest BCUT2D eigenvalue weighted by atomic mass is 9.75. The lowest BCUT2D eigenvalue weighted by Gasteiger charge is -2.28. The maximum Gasteiger partial charge on any atom is 0.235 e. The van der Waals surface area contributed by atoms with Gasteiger partial charge in [0.05, 0.1) is 25.6 Å². The van der Waals surface area contributed by atoms with Crippen molar-refractivity contribution in [2.75, 3.05) is 13.7 Å². The molecule has 0 aromatic heterocycles. The quantitative estimate of drug-likeness (QED) is 0.618. The molecule has 5 nitrogen and oxygen atoms in total. The molecule has 0 bridgehead atoms. The second-order valence-corrected chi connectivity index (χ2v) is 7.57. The molecule has 1 aliphatic carbocycles. The van der Waals surface area contributed by atoms with E-state index in [1.807, 2.05) is 12.1 Å². The van der Waals surface area contributed by atoms with Gasteiger partial charge < -0.3 is 9.47 Å². The van der Waals surface area contributed by atoms with E-state index in [9.17, 15) is 9.59 Å². The summed E-state index contributed by atoms with van der Waals surface area (Å²) >= 11 is 0. The Bertz CT molecular complexity index is 904. The Morgan fingerprint density at radius 1 is 1.04 bits per heavy atom. The Labute approximate surface area is 165 Å². The molecular formula is C23H25NO4. The van der Waals surface area contributed by atoms with Crippen LogP contribution in [0.5, 0.6) is 11.5 Å². The van der Waals surface area contributed by atoms with Crippen LogP contribution in [0.3, 0.4) is 0 Å². The van der Waals surface area contributed by atoms with Crippen molar-refractivity contribution >= 4 is 11.8 Å². The topological polar surface area (TPSA) is 64.6 Å². The number of aryl methyl sites for hydroxylation is 2. The number of hydrogen-bond donors (Lipinski definition) is 1. The zero-order chi connectivity index (χ0) is 19.7. The fourth-order valence-electron chi connectivity index (χ4n) is 4.31. The zero-order valence-electron chi connectivity index (χ0n) is 16.3. The molecule has 1 saturated heterocycles. The van der Waals surface area contributed by atoms with E-state index in [-0.39, 0.29) is 17.7 Å². The number of rotatable bonds is 6. The molecule has 1 fully saturated rings. The summed E-state index contributed by atoms with van der Waals surface area (Å²) in [6.45, 7) is 2.64. The number of fused-ring (bicyclic) bond motifs is 3. The summed E-state index contributed by atoms with van der Waals surface area (Å²) in [6, 6.07) is 12.3. The summed E-state index contributed by atoms with van der Waals surface area (Å²) in [7, 11) is 1.63. The maximum absolute atomic E-state index is 12.4. The molecule has 2 aromatic rings. The summed E-state index contributed by atoms with van der Waals surface area (Å²) in [6.07, 6.45) is 3.18. The van der Waals surface area contributed by atoms with Crippen molar-refractivity contribution in [3.8, 4) is 11.5 Å². The number of hydrogen-bond acceptors (Lipinski definition) is 4. The highest BCUT2D eigenvalue weighted by Gasteiger charge is 2.47. The molecule has 1 heterocycles. The van der Waals surface area contributed by atoms with Crippen molar-refractivity contribution < 1.29 is 19.1 Å². The van der Waals surface area contributed by atoms with Crippen molar-refractivity contribution in [1.29, 1.82) is 0 Å². The molecule has 2 aliphatic rings. The van der Waals surface area contributed by atoms with Gasteiger partial charge in [0.15, 0.2) is 0 Å². The van der Waals surface area contributed by atoms with Crippen LogP contribution in [0.2, 0.25) is 0 Å². The SMILES string of the molecule is COc1ccc(OCCCc2ccc(C)cc2)c2c1CCC1C(=O)NC(=O)C21. The van der Waals surface area contributed by atoms with Crippen LogP contribution in [-0.4, -0.2) is 25.5 Å². The van der Waals surface area contributed by atoms with Crippen molar-refractivity contribution in [3.63, 3.8) is 0 Å². The molecule has 2 aromatic carbocycles. The monoisotopic (exact) mass is 379 g/mol. The summed E-state index contributed by atoms with van der Waals surface area (Å²) < 4.78 is 11.6. The Hall–Kier alpha value is -2.82. The minimum absolute atomic E-state index is 0.172. The number of carbonyl (C=O) groups excluding carboxylic acids is 2. The highest BCUT2D eigenvalue weighted by molar-refractivity contribution is 6.08. The highest BCUT2D eigenvalue weighted by Crippen LogP contribution is 2.47. The van der Waals surface area contributed by atoms with Gasteiger partial charge in [0.25, 0.3) is 0 Å². The third-order valence-corrected chi connectivity index (χ3v) is 5.77. The van der Waals surface area contributed by atoms with Gasteiger partial charge in [0.1, 0.15) is 11.5 Å². The third kappa shape index (κ3) is 3.37. The van der Waals surface area contributed by atoms with Gasteiger partial charge in [0, 0.05) is 11.1 Å². The minimum Gasteiger partial charge on any atom is -0.496 e. The van der Waals surface area contributed by atoms with Crippen molar-refractivity contribution in [1.82, 2.24) is 5.32 Å². The van der Waals surface area contributed by atoms with Crippen molar-refractivity contribution in [2.24, 2.45) is 5.92 Å². The van der Waals surface area contributed by atoms with E-state index in [4.69, 9.17) is 9.47 Å². The zero-order valence-corrected chi connectivity index (χ0v) is 16.3. The van der Waals surface area contributed by atoms with E-state index in [0.29, 0.717) is 25.2 Å². The second-order valence-electron chi connectivity index (χ2n) is 7.57. The number of carbonyl (C=O) groups is 2. The van der Waals surface area contributed by atoms with Crippen LogP contribution in [-0.2, 0) is 22.4 Å². The first-order chi connectivity index (χ1) is 13.6. The lowest BCUT2D eigenvalue weighted by Crippen LogP contribution is -2.24. The Morgan fingerprint density at radius 2 is 1.79 bits per heavy atom. The summed E-state index contributed by atoms with van der Waals surface area (Å²) in [4.78, 5) is 24.6. The number of benzene rings is 2. The summed E-state index contributed by atoms with van der Waals surface area (Å²) in [5.41, 5.74) is 4.36. The first kappa shape index (κ1) is 18.5. The second kappa shape index (κ2) is 7.66. The molecule has 0 radical (unpaired) electrons. The van der Waals surface area contributed by atoms with E-state index in [1.54, 1.807) is 7.11 Å². The summed E-state index contributed by atoms with van der Waals surface area (Å²) in [5, 5.41) is 2.48. The number of imide groups is 1. The largest absolute Gasteiger partial charge is 0.496 e. The Balaban J connectivity index is 1.52. The third-order valence-electron chi connectivity index (χ3n) is 5.77. The van der Waals surface area contributed by atoms with E-state index in [0.717, 1.165) is 29.7 Å². The van der Waals surface area contributed by atoms with E-state index < -0.39 is 5.92 Å². The molecule has 1 N–H and O–H groups in total. The average Bonchev–Trinajstić information content (AvgIpc) is 3.00. The van der Waals surface area contributed by atoms with Crippen LogP contribution in [0.25, 0.3) is 0 Å². The normalized spacial score (nSPS) is 20.4. The number of methoxy groups -OCH3 is 1. The molecule has 1 aliphatic heterocycles. The molecule has 2 unspecified atom stereocenters. The molecule has 0 saturated carbocycles. The molecule has 4 rings (SSSR count). The van der Waals surface area contributed by atoms with Crippen LogP contribution in [0.4, 0.5) is 0 Å². The van der Waals surface area contributed by atoms with Gasteiger partial charge >= 0.3 is 0 Å². The molecule has 0 spiro atoms. The van der Waals surface area contributed by atoms with E-state index >= 15 is 0 Å². The lowest BCUT2D eigenvalue weighted by molar-refractivity contribution is -0.125. The Morgan fingerprint density at radius 3 is 2.54 bits per heavy atom. The fourth-order valence-corrected chi connectivity index (χ4v) is 4.31. The predicted octanol–water partition coefficient (Wildman–Crippen LogP) is 3.32. The predicted molar refractivity (Wildman–Crippen MR) is 106 cm³/mol. The molecule has 2 amide bonds. The average molecular weight is 379 g/mol. The summed E-state index contributed by atoms with van der Waals surface area (Å²) in [5.74, 6) is 0.273. The highest BCUT2D eigenvalue weighted by atomic mass is 16.5. The van der Waals surface area contributed by atoms with Crippen LogP contribution in [0, 0.1) is 12.8 Å². The first-order valence-electron chi connectivity index (χ1n) is 9.81. The maximum atomic E-state index is 12.4. The van der Waals surface area contributed by atoms with E-state index in [1.165, 1.54) is 11.1 Å². The van der Waals surface area contributed by atoms with Gasteiger partial charge in [0.2, 0.25) is 11.8 Å². The van der Waals surface area contributed by atoms with Gasteiger partial charge in [-0.3, -0.25) is 14.9 Å². The fraction of sp³-hybridized carbons (Fsp3) is 0.391. The van der Waals surface area contributed by atoms with Crippen LogP contribution in [0.1, 0.15) is 41.0 Å². The molecule has 146 valence electrons. The molecule has 28 heavy (non-hydrogen) atoms. The number of amides is 2. The molecular weight excluding hydrogens is 354 g/mol. The van der Waals surface area contributed by atoms with Crippen LogP contribution in [0.15, 0.2) is 36.4 Å². The molecule has 2 atom stereocenters. The number of nitrogens with one attached hydrogen (secondary N) is 1. The van der Waals surface area contributed by atoms with E-state index in [2.05, 4.69) is 36.5 Å².